The first-order valence-electron chi connectivity index (χ1n) is 4.39. The van der Waals surface area contributed by atoms with Gasteiger partial charge in [0, 0.05) is 5.56 Å². The number of benzene rings is 1. The van der Waals surface area contributed by atoms with Gasteiger partial charge in [0.25, 0.3) is 0 Å². The Bertz CT molecular complexity index is 315. The molecule has 4 N–H and O–H groups in total. The van der Waals surface area contributed by atoms with Gasteiger partial charge in [0.15, 0.2) is 0 Å². The first-order valence-corrected chi connectivity index (χ1v) is 4.39. The number of nitrogens with two attached hydrogens (primary N) is 1. The molecule has 0 heterocycles. The lowest BCUT2D eigenvalue weighted by atomic mass is 10.0. The molecule has 3 nitrogen and oxygen atoms in total. The van der Waals surface area contributed by atoms with E-state index in [1.807, 2.05) is 0 Å². The maximum absolute atomic E-state index is 13.3. The van der Waals surface area contributed by atoms with Crippen LogP contribution in [0, 0.1) is 5.82 Å². The summed E-state index contributed by atoms with van der Waals surface area (Å²) in [5.74, 6) is -0.495. The van der Waals surface area contributed by atoms with Crippen LogP contribution in [0.15, 0.2) is 18.2 Å². The van der Waals surface area contributed by atoms with Crippen LogP contribution in [-0.4, -0.2) is 16.3 Å². The van der Waals surface area contributed by atoms with Crippen molar-refractivity contribution < 1.29 is 14.6 Å². The predicted molar refractivity (Wildman–Crippen MR) is 50.9 cm³/mol. The van der Waals surface area contributed by atoms with E-state index in [2.05, 4.69) is 0 Å². The zero-order valence-corrected chi connectivity index (χ0v) is 7.94. The monoisotopic (exact) mass is 199 g/mol. The minimum atomic E-state index is -0.801. The van der Waals surface area contributed by atoms with Crippen molar-refractivity contribution >= 4 is 0 Å². The van der Waals surface area contributed by atoms with Crippen molar-refractivity contribution in [3.63, 3.8) is 0 Å². The fourth-order valence-corrected chi connectivity index (χ4v) is 1.20. The summed E-state index contributed by atoms with van der Waals surface area (Å²) in [6.45, 7) is 1.30. The van der Waals surface area contributed by atoms with Crippen molar-refractivity contribution in [1.82, 2.24) is 0 Å². The molecule has 1 rings (SSSR count). The first kappa shape index (κ1) is 11.1. The molecule has 1 aromatic rings. The second-order valence-electron chi connectivity index (χ2n) is 3.28. The van der Waals surface area contributed by atoms with E-state index in [-0.39, 0.29) is 12.2 Å². The van der Waals surface area contributed by atoms with Crippen molar-refractivity contribution in [3.05, 3.63) is 35.1 Å². The number of halogens is 1. The third-order valence-corrected chi connectivity index (χ3v) is 2.13. The van der Waals surface area contributed by atoms with Crippen LogP contribution in [0.2, 0.25) is 0 Å². The van der Waals surface area contributed by atoms with Crippen molar-refractivity contribution in [2.45, 2.75) is 25.7 Å². The molecule has 0 saturated heterocycles. The van der Waals surface area contributed by atoms with Crippen LogP contribution < -0.4 is 5.73 Å². The highest BCUT2D eigenvalue weighted by Crippen LogP contribution is 2.19. The van der Waals surface area contributed by atoms with Crippen molar-refractivity contribution in [3.8, 4) is 0 Å². The molecule has 0 amide bonds. The van der Waals surface area contributed by atoms with Crippen molar-refractivity contribution in [1.29, 1.82) is 0 Å². The van der Waals surface area contributed by atoms with Gasteiger partial charge >= 0.3 is 0 Å². The maximum Gasteiger partial charge on any atom is 0.128 e. The molecule has 0 aliphatic carbocycles. The van der Waals surface area contributed by atoms with Gasteiger partial charge < -0.3 is 15.9 Å². The highest BCUT2D eigenvalue weighted by molar-refractivity contribution is 5.26. The van der Waals surface area contributed by atoms with Crippen LogP contribution in [-0.2, 0) is 6.61 Å². The third-order valence-electron chi connectivity index (χ3n) is 2.13. The zero-order chi connectivity index (χ0) is 10.7. The molecule has 0 aliphatic heterocycles. The van der Waals surface area contributed by atoms with E-state index >= 15 is 0 Å². The number of hydrogen-bond donors (Lipinski definition) is 3. The Kier molecular flexibility index (Phi) is 3.57. The van der Waals surface area contributed by atoms with E-state index in [1.165, 1.54) is 19.1 Å². The van der Waals surface area contributed by atoms with Crippen LogP contribution in [0.5, 0.6) is 0 Å². The summed E-state index contributed by atoms with van der Waals surface area (Å²) >= 11 is 0. The Morgan fingerprint density at radius 3 is 2.57 bits per heavy atom. The van der Waals surface area contributed by atoms with Gasteiger partial charge in [0.05, 0.1) is 18.8 Å². The lowest BCUT2D eigenvalue weighted by molar-refractivity contribution is 0.162. The minimum absolute atomic E-state index is 0.207. The van der Waals surface area contributed by atoms with E-state index < -0.39 is 18.0 Å². The zero-order valence-electron chi connectivity index (χ0n) is 7.94. The van der Waals surface area contributed by atoms with Crippen LogP contribution in [0.4, 0.5) is 4.39 Å². The number of aliphatic hydroxyl groups is 2. The van der Waals surface area contributed by atoms with Gasteiger partial charge in [-0.2, -0.15) is 0 Å². The van der Waals surface area contributed by atoms with Crippen LogP contribution in [0.25, 0.3) is 0 Å². The van der Waals surface area contributed by atoms with Gasteiger partial charge in [-0.15, -0.1) is 0 Å². The summed E-state index contributed by atoms with van der Waals surface area (Å²) in [5, 5.41) is 17.9. The molecule has 0 aromatic heterocycles. The summed E-state index contributed by atoms with van der Waals surface area (Å²) < 4.78 is 13.3. The molecular weight excluding hydrogens is 185 g/mol. The van der Waals surface area contributed by atoms with Gasteiger partial charge in [0.1, 0.15) is 5.82 Å². The number of aliphatic hydroxyl groups excluding tert-OH is 2. The molecule has 0 unspecified atom stereocenters. The van der Waals surface area contributed by atoms with Gasteiger partial charge in [-0.1, -0.05) is 12.1 Å². The van der Waals surface area contributed by atoms with E-state index in [4.69, 9.17) is 10.8 Å². The third kappa shape index (κ3) is 2.29. The topological polar surface area (TPSA) is 66.5 Å². The van der Waals surface area contributed by atoms with E-state index in [0.29, 0.717) is 5.56 Å². The molecule has 78 valence electrons. The number of hydrogen-bond acceptors (Lipinski definition) is 3. The minimum Gasteiger partial charge on any atom is -0.392 e. The summed E-state index contributed by atoms with van der Waals surface area (Å²) in [6.07, 6.45) is -0.801. The SMILES string of the molecule is C[C@H](O)[C@H](N)c1ccc(CO)cc1F. The van der Waals surface area contributed by atoms with Gasteiger partial charge in [-0.25, -0.2) is 4.39 Å². The Balaban J connectivity index is 2.99. The van der Waals surface area contributed by atoms with Gasteiger partial charge in [-0.05, 0) is 18.6 Å². The summed E-state index contributed by atoms with van der Waals surface area (Å²) in [4.78, 5) is 0. The predicted octanol–water partition coefficient (Wildman–Crippen LogP) is 0.699. The second kappa shape index (κ2) is 4.50. The van der Waals surface area contributed by atoms with E-state index in [1.54, 1.807) is 6.07 Å². The molecule has 4 heteroatoms. The van der Waals surface area contributed by atoms with E-state index in [0.717, 1.165) is 0 Å². The molecule has 0 radical (unpaired) electrons. The molecule has 0 fully saturated rings. The first-order chi connectivity index (χ1) is 6.56. The summed E-state index contributed by atoms with van der Waals surface area (Å²) in [7, 11) is 0. The lowest BCUT2D eigenvalue weighted by Crippen LogP contribution is -2.24. The summed E-state index contributed by atoms with van der Waals surface area (Å²) in [5.41, 5.74) is 6.33. The summed E-state index contributed by atoms with van der Waals surface area (Å²) in [6, 6.07) is 3.55. The van der Waals surface area contributed by atoms with Gasteiger partial charge in [-0.3, -0.25) is 0 Å². The molecule has 0 spiro atoms. The van der Waals surface area contributed by atoms with Crippen LogP contribution in [0.3, 0.4) is 0 Å². The second-order valence-corrected chi connectivity index (χ2v) is 3.28. The molecule has 2 atom stereocenters. The Labute approximate surface area is 82.0 Å². The van der Waals surface area contributed by atoms with Crippen LogP contribution >= 0.6 is 0 Å². The molecule has 0 bridgehead atoms. The molecule has 0 saturated carbocycles. The molecule has 14 heavy (non-hydrogen) atoms. The van der Waals surface area contributed by atoms with Crippen molar-refractivity contribution in [2.75, 3.05) is 0 Å². The lowest BCUT2D eigenvalue weighted by Gasteiger charge is -2.16. The Morgan fingerprint density at radius 2 is 2.14 bits per heavy atom. The molecular formula is C10H14FNO2. The fourth-order valence-electron chi connectivity index (χ4n) is 1.20. The maximum atomic E-state index is 13.3. The average Bonchev–Trinajstić information content (AvgIpc) is 2.16. The smallest absolute Gasteiger partial charge is 0.128 e. The number of rotatable bonds is 3. The quantitative estimate of drug-likeness (QED) is 0.671. The molecule has 1 aromatic carbocycles. The average molecular weight is 199 g/mol. The molecule has 0 aliphatic rings. The Morgan fingerprint density at radius 1 is 1.50 bits per heavy atom. The normalized spacial score (nSPS) is 15.2. The highest BCUT2D eigenvalue weighted by Gasteiger charge is 2.16. The van der Waals surface area contributed by atoms with Crippen molar-refractivity contribution in [2.24, 2.45) is 5.73 Å². The highest BCUT2D eigenvalue weighted by atomic mass is 19.1. The largest absolute Gasteiger partial charge is 0.392 e. The van der Waals surface area contributed by atoms with E-state index in [9.17, 15) is 9.50 Å². The van der Waals surface area contributed by atoms with Crippen LogP contribution in [0.1, 0.15) is 24.1 Å². The standard InChI is InChI=1S/C10H14FNO2/c1-6(14)10(12)8-3-2-7(5-13)4-9(8)11/h2-4,6,10,13-14H,5,12H2,1H3/t6-,10-/m0/s1. The fraction of sp³-hybridized carbons (Fsp3) is 0.400. The Hall–Kier alpha value is -0.970. The van der Waals surface area contributed by atoms with Gasteiger partial charge in [0.2, 0.25) is 0 Å².